The number of fused-ring (bicyclic) bond motifs is 1. The number of tetrazole rings is 1. The van der Waals surface area contributed by atoms with E-state index in [1.165, 1.54) is 11.0 Å². The van der Waals surface area contributed by atoms with E-state index in [0.29, 0.717) is 44.1 Å². The van der Waals surface area contributed by atoms with E-state index in [2.05, 4.69) is 26.2 Å². The normalized spacial score (nSPS) is 18.3. The van der Waals surface area contributed by atoms with Crippen LogP contribution in [-0.2, 0) is 32.3 Å². The molecule has 0 saturated carbocycles. The van der Waals surface area contributed by atoms with Gasteiger partial charge in [0.2, 0.25) is 17.7 Å². The Hall–Kier alpha value is -4.69. The summed E-state index contributed by atoms with van der Waals surface area (Å²) in [5, 5.41) is 28.5. The van der Waals surface area contributed by atoms with E-state index in [-0.39, 0.29) is 43.1 Å². The molecule has 3 amide bonds. The summed E-state index contributed by atoms with van der Waals surface area (Å²) in [6.45, 7) is 6.65. The Balaban J connectivity index is 0.00000147. The number of nitrogens with zero attached hydrogens (tertiary/aromatic N) is 8. The van der Waals surface area contributed by atoms with Gasteiger partial charge in [0.1, 0.15) is 24.7 Å². The van der Waals surface area contributed by atoms with Crippen LogP contribution in [0.4, 0.5) is 0 Å². The van der Waals surface area contributed by atoms with Gasteiger partial charge >= 0.3 is 0 Å². The Morgan fingerprint density at radius 3 is 2.54 bits per heavy atom. The summed E-state index contributed by atoms with van der Waals surface area (Å²) >= 11 is 0. The third-order valence-electron chi connectivity index (χ3n) is 6.29. The van der Waals surface area contributed by atoms with E-state index in [4.69, 9.17) is 20.0 Å². The van der Waals surface area contributed by atoms with E-state index in [0.717, 1.165) is 5.56 Å². The summed E-state index contributed by atoms with van der Waals surface area (Å²) in [7, 11) is 0. The number of nitrogens with one attached hydrogen (secondary N) is 2. The highest BCUT2D eigenvalue weighted by Gasteiger charge is 2.27. The maximum Gasteiger partial charge on any atom is 0.290 e. The Kier molecular flexibility index (Phi) is 11.4. The SMILES string of the molecule is CC(C)C[C@H]1NC(=O)CCCN(C(=O)Cn2cnnn2)CCn2nc(-c3ccccc3)nc2[C@@H](C)NC1=O.O=CO. The minimum Gasteiger partial charge on any atom is -0.483 e. The highest BCUT2D eigenvalue weighted by atomic mass is 16.3. The van der Waals surface area contributed by atoms with Gasteiger partial charge in [-0.05, 0) is 36.1 Å². The van der Waals surface area contributed by atoms with Gasteiger partial charge in [0.25, 0.3) is 6.47 Å². The van der Waals surface area contributed by atoms with Crippen molar-refractivity contribution in [3.8, 4) is 11.4 Å². The molecule has 0 saturated heterocycles. The summed E-state index contributed by atoms with van der Waals surface area (Å²) in [4.78, 5) is 53.8. The summed E-state index contributed by atoms with van der Waals surface area (Å²) in [6, 6.07) is 8.44. The average Bonchev–Trinajstić information content (AvgIpc) is 3.60. The van der Waals surface area contributed by atoms with E-state index in [9.17, 15) is 14.4 Å². The van der Waals surface area contributed by atoms with Crippen LogP contribution >= 0.6 is 0 Å². The minimum absolute atomic E-state index is 0.0123. The molecule has 220 valence electrons. The topological polar surface area (TPSA) is 190 Å². The van der Waals surface area contributed by atoms with Crippen molar-refractivity contribution in [2.45, 2.75) is 65.2 Å². The number of hydrogen-bond acceptors (Lipinski definition) is 9. The zero-order valence-corrected chi connectivity index (χ0v) is 23.4. The highest BCUT2D eigenvalue weighted by molar-refractivity contribution is 5.87. The van der Waals surface area contributed by atoms with Crippen molar-refractivity contribution in [3.05, 3.63) is 42.5 Å². The predicted octanol–water partition coefficient (Wildman–Crippen LogP) is 0.663. The van der Waals surface area contributed by atoms with Crippen LogP contribution in [-0.4, -0.2) is 88.3 Å². The molecule has 2 aromatic heterocycles. The second kappa shape index (κ2) is 15.2. The molecular formula is C26H36N10O5. The molecule has 0 unspecified atom stereocenters. The van der Waals surface area contributed by atoms with Crippen LogP contribution in [0.25, 0.3) is 11.4 Å². The first kappa shape index (κ1) is 30.8. The molecule has 1 aliphatic rings. The smallest absolute Gasteiger partial charge is 0.290 e. The Labute approximate surface area is 237 Å². The lowest BCUT2D eigenvalue weighted by Crippen LogP contribution is -2.48. The van der Waals surface area contributed by atoms with Crippen LogP contribution in [0.3, 0.4) is 0 Å². The Morgan fingerprint density at radius 1 is 1.15 bits per heavy atom. The molecule has 4 rings (SSSR count). The van der Waals surface area contributed by atoms with Gasteiger partial charge in [-0.1, -0.05) is 44.2 Å². The van der Waals surface area contributed by atoms with Crippen molar-refractivity contribution in [2.75, 3.05) is 13.1 Å². The monoisotopic (exact) mass is 568 g/mol. The van der Waals surface area contributed by atoms with E-state index in [1.54, 1.807) is 9.58 Å². The fourth-order valence-electron chi connectivity index (χ4n) is 4.39. The highest BCUT2D eigenvalue weighted by Crippen LogP contribution is 2.20. The fourth-order valence-corrected chi connectivity index (χ4v) is 4.39. The molecule has 1 aliphatic heterocycles. The van der Waals surface area contributed by atoms with Crippen molar-refractivity contribution >= 4 is 24.2 Å². The van der Waals surface area contributed by atoms with Crippen LogP contribution in [0.2, 0.25) is 0 Å². The molecule has 0 spiro atoms. The molecule has 41 heavy (non-hydrogen) atoms. The van der Waals surface area contributed by atoms with Gasteiger partial charge in [-0.25, -0.2) is 14.3 Å². The molecule has 0 bridgehead atoms. The molecule has 3 aromatic rings. The van der Waals surface area contributed by atoms with Gasteiger partial charge in [0.05, 0.1) is 12.6 Å². The number of benzene rings is 1. The molecule has 3 N–H and O–H groups in total. The quantitative estimate of drug-likeness (QED) is 0.369. The van der Waals surface area contributed by atoms with Crippen molar-refractivity contribution in [1.29, 1.82) is 0 Å². The predicted molar refractivity (Wildman–Crippen MR) is 146 cm³/mol. The summed E-state index contributed by atoms with van der Waals surface area (Å²) in [6.07, 6.45) is 2.52. The first-order valence-electron chi connectivity index (χ1n) is 13.4. The van der Waals surface area contributed by atoms with Crippen molar-refractivity contribution < 1.29 is 24.3 Å². The van der Waals surface area contributed by atoms with E-state index >= 15 is 0 Å². The number of carbonyl (C=O) groups excluding carboxylic acids is 3. The van der Waals surface area contributed by atoms with Gasteiger partial charge in [-0.15, -0.1) is 5.10 Å². The second-order valence-corrected chi connectivity index (χ2v) is 9.96. The number of carboxylic acid groups (broad SMARTS) is 1. The summed E-state index contributed by atoms with van der Waals surface area (Å²) in [5.74, 6) is 0.645. The van der Waals surface area contributed by atoms with E-state index < -0.39 is 12.1 Å². The lowest BCUT2D eigenvalue weighted by Gasteiger charge is -2.26. The van der Waals surface area contributed by atoms with Crippen LogP contribution in [0.1, 0.15) is 51.9 Å². The first-order chi connectivity index (χ1) is 19.7. The number of carbonyl (C=O) groups is 4. The number of hydrogen-bond donors (Lipinski definition) is 3. The van der Waals surface area contributed by atoms with Crippen molar-refractivity contribution in [2.24, 2.45) is 5.92 Å². The second-order valence-electron chi connectivity index (χ2n) is 9.96. The van der Waals surface area contributed by atoms with Gasteiger partial charge in [0.15, 0.2) is 5.82 Å². The fraction of sp³-hybridized carbons (Fsp3) is 0.500. The van der Waals surface area contributed by atoms with Gasteiger partial charge < -0.3 is 20.6 Å². The summed E-state index contributed by atoms with van der Waals surface area (Å²) in [5.41, 5.74) is 0.848. The molecular weight excluding hydrogens is 532 g/mol. The molecule has 0 aliphatic carbocycles. The molecule has 15 nitrogen and oxygen atoms in total. The Bertz CT molecular complexity index is 1280. The molecule has 3 heterocycles. The molecule has 1 aromatic carbocycles. The third-order valence-corrected chi connectivity index (χ3v) is 6.29. The zero-order valence-electron chi connectivity index (χ0n) is 23.4. The number of aromatic nitrogens is 7. The van der Waals surface area contributed by atoms with Crippen molar-refractivity contribution in [3.63, 3.8) is 0 Å². The van der Waals surface area contributed by atoms with Gasteiger partial charge in [-0.3, -0.25) is 19.2 Å². The summed E-state index contributed by atoms with van der Waals surface area (Å²) < 4.78 is 3.11. The maximum absolute atomic E-state index is 13.2. The third kappa shape index (κ3) is 9.19. The first-order valence-corrected chi connectivity index (χ1v) is 13.4. The molecule has 15 heteroatoms. The van der Waals surface area contributed by atoms with Crippen LogP contribution in [0.5, 0.6) is 0 Å². The van der Waals surface area contributed by atoms with Crippen LogP contribution in [0.15, 0.2) is 36.7 Å². The maximum atomic E-state index is 13.2. The standard InChI is InChI=1S/C25H34N10O3.CH2O2/c1-17(2)14-20-25(38)27-18(3)24-29-23(19-8-5-4-6-9-19)30-35(24)13-12-33(11-7-10-21(36)28-20)22(37)15-34-16-26-31-32-34;2-1-3/h4-6,8-9,16-18,20H,7,10-15H2,1-3H3,(H,27,38)(H,28,36);1H,(H,2,3)/t18-,20-;/m1./s1. The number of rotatable bonds is 5. The van der Waals surface area contributed by atoms with Crippen LogP contribution < -0.4 is 10.6 Å². The van der Waals surface area contributed by atoms with Crippen LogP contribution in [0, 0.1) is 5.92 Å². The molecule has 0 radical (unpaired) electrons. The van der Waals surface area contributed by atoms with Gasteiger partial charge in [-0.2, -0.15) is 5.10 Å². The molecule has 2 atom stereocenters. The van der Waals surface area contributed by atoms with Crippen molar-refractivity contribution in [1.82, 2.24) is 50.5 Å². The van der Waals surface area contributed by atoms with E-state index in [1.807, 2.05) is 51.1 Å². The van der Waals surface area contributed by atoms with Gasteiger partial charge in [0, 0.05) is 25.1 Å². The zero-order chi connectivity index (χ0) is 29.8. The average molecular weight is 569 g/mol. The minimum atomic E-state index is -0.671. The lowest BCUT2D eigenvalue weighted by molar-refractivity contribution is -0.133. The number of amides is 3. The largest absolute Gasteiger partial charge is 0.483 e. The lowest BCUT2D eigenvalue weighted by atomic mass is 10.0. The Morgan fingerprint density at radius 2 is 1.88 bits per heavy atom. The molecule has 0 fully saturated rings.